The lowest BCUT2D eigenvalue weighted by molar-refractivity contribution is -0.138. The van der Waals surface area contributed by atoms with E-state index < -0.39 is 17.7 Å². The molecular weight excluding hydrogens is 455 g/mol. The Bertz CT molecular complexity index is 1090. The molecule has 1 heterocycles. The molecule has 3 nitrogen and oxygen atoms in total. The van der Waals surface area contributed by atoms with Gasteiger partial charge in [-0.1, -0.05) is 32.0 Å². The quantitative estimate of drug-likeness (QED) is 0.339. The second kappa shape index (κ2) is 10.1. The van der Waals surface area contributed by atoms with Crippen LogP contribution in [-0.4, -0.2) is 16.1 Å². The van der Waals surface area contributed by atoms with Crippen LogP contribution in [0.15, 0.2) is 47.4 Å². The third kappa shape index (κ3) is 6.13. The largest absolute Gasteiger partial charge is 0.481 e. The summed E-state index contributed by atoms with van der Waals surface area (Å²) in [6.07, 6.45) is -3.73. The van der Waals surface area contributed by atoms with Gasteiger partial charge < -0.3 is 5.11 Å². The lowest BCUT2D eigenvalue weighted by atomic mass is 10.0. The summed E-state index contributed by atoms with van der Waals surface area (Å²) in [4.78, 5) is 17.7. The molecule has 170 valence electrons. The van der Waals surface area contributed by atoms with Gasteiger partial charge in [0.05, 0.1) is 11.3 Å². The summed E-state index contributed by atoms with van der Waals surface area (Å²) < 4.78 is 38.5. The van der Waals surface area contributed by atoms with E-state index >= 15 is 0 Å². The van der Waals surface area contributed by atoms with Crippen LogP contribution in [0.2, 0.25) is 0 Å². The highest BCUT2D eigenvalue weighted by Crippen LogP contribution is 2.37. The maximum atomic E-state index is 12.8. The normalized spacial score (nSPS) is 11.8. The van der Waals surface area contributed by atoms with Crippen molar-refractivity contribution >= 4 is 29.1 Å². The van der Waals surface area contributed by atoms with E-state index in [1.807, 2.05) is 19.1 Å². The first-order valence-electron chi connectivity index (χ1n) is 10.2. The van der Waals surface area contributed by atoms with Crippen molar-refractivity contribution < 1.29 is 23.1 Å². The number of carboxylic acid groups (broad SMARTS) is 1. The SMILES string of the molecule is Cc1cc(SCc2sc(-c3ccc(C(F)(F)F)cc3)nc2C(C)C)ccc1CCC(=O)O. The van der Waals surface area contributed by atoms with Gasteiger partial charge in [0, 0.05) is 27.5 Å². The highest BCUT2D eigenvalue weighted by molar-refractivity contribution is 7.98. The van der Waals surface area contributed by atoms with Gasteiger partial charge >= 0.3 is 12.1 Å². The first-order valence-corrected chi connectivity index (χ1v) is 12.0. The minimum Gasteiger partial charge on any atom is -0.481 e. The Morgan fingerprint density at radius 2 is 1.84 bits per heavy atom. The van der Waals surface area contributed by atoms with Crippen LogP contribution in [0.5, 0.6) is 0 Å². The monoisotopic (exact) mass is 479 g/mol. The van der Waals surface area contributed by atoms with Crippen molar-refractivity contribution in [1.29, 1.82) is 0 Å². The average Bonchev–Trinajstić information content (AvgIpc) is 3.15. The summed E-state index contributed by atoms with van der Waals surface area (Å²) in [6.45, 7) is 6.10. The molecule has 3 rings (SSSR count). The number of aryl methyl sites for hydroxylation is 2. The van der Waals surface area contributed by atoms with Crippen LogP contribution in [0.1, 0.15) is 53.4 Å². The maximum absolute atomic E-state index is 12.8. The van der Waals surface area contributed by atoms with Gasteiger partial charge in [0.1, 0.15) is 5.01 Å². The van der Waals surface area contributed by atoms with Crippen LogP contribution in [0.25, 0.3) is 10.6 Å². The van der Waals surface area contributed by atoms with Gasteiger partial charge in [0.25, 0.3) is 0 Å². The second-order valence-electron chi connectivity index (χ2n) is 7.83. The Hall–Kier alpha value is -2.32. The van der Waals surface area contributed by atoms with E-state index in [0.717, 1.165) is 43.7 Å². The van der Waals surface area contributed by atoms with E-state index in [9.17, 15) is 18.0 Å². The van der Waals surface area contributed by atoms with Crippen molar-refractivity contribution in [2.75, 3.05) is 0 Å². The van der Waals surface area contributed by atoms with Gasteiger partial charge in [-0.3, -0.25) is 4.79 Å². The molecule has 0 spiro atoms. The summed E-state index contributed by atoms with van der Waals surface area (Å²) in [5.41, 5.74) is 3.07. The molecule has 0 aliphatic heterocycles. The summed E-state index contributed by atoms with van der Waals surface area (Å²) in [7, 11) is 0. The maximum Gasteiger partial charge on any atom is 0.416 e. The minimum atomic E-state index is -4.35. The summed E-state index contributed by atoms with van der Waals surface area (Å²) in [5, 5.41) is 9.60. The number of rotatable bonds is 8. The fourth-order valence-electron chi connectivity index (χ4n) is 3.27. The zero-order valence-electron chi connectivity index (χ0n) is 18.0. The Morgan fingerprint density at radius 3 is 2.41 bits per heavy atom. The average molecular weight is 480 g/mol. The van der Waals surface area contributed by atoms with E-state index in [4.69, 9.17) is 10.1 Å². The van der Waals surface area contributed by atoms with E-state index in [1.54, 1.807) is 11.8 Å². The van der Waals surface area contributed by atoms with Crippen molar-refractivity contribution in [2.45, 2.75) is 56.4 Å². The zero-order chi connectivity index (χ0) is 23.5. The number of aromatic nitrogens is 1. The number of nitrogens with zero attached hydrogens (tertiary/aromatic N) is 1. The fourth-order valence-corrected chi connectivity index (χ4v) is 5.57. The molecule has 0 radical (unpaired) electrons. The molecule has 3 aromatic rings. The van der Waals surface area contributed by atoms with Crippen LogP contribution in [0, 0.1) is 6.92 Å². The molecule has 0 fully saturated rings. The molecule has 0 atom stereocenters. The van der Waals surface area contributed by atoms with Gasteiger partial charge in [-0.2, -0.15) is 13.2 Å². The molecule has 2 aromatic carbocycles. The van der Waals surface area contributed by atoms with Crippen molar-refractivity contribution in [1.82, 2.24) is 4.98 Å². The lowest BCUT2D eigenvalue weighted by Gasteiger charge is -2.08. The van der Waals surface area contributed by atoms with Crippen LogP contribution in [0.4, 0.5) is 13.2 Å². The number of carbonyl (C=O) groups is 1. The number of alkyl halides is 3. The van der Waals surface area contributed by atoms with Crippen molar-refractivity contribution in [3.05, 3.63) is 69.7 Å². The number of aliphatic carboxylic acids is 1. The highest BCUT2D eigenvalue weighted by Gasteiger charge is 2.30. The van der Waals surface area contributed by atoms with E-state index in [-0.39, 0.29) is 12.3 Å². The molecule has 0 bridgehead atoms. The number of hydrogen-bond acceptors (Lipinski definition) is 4. The number of thiazole rings is 1. The first-order chi connectivity index (χ1) is 15.0. The fraction of sp³-hybridized carbons (Fsp3) is 0.333. The summed E-state index contributed by atoms with van der Waals surface area (Å²) in [5.74, 6) is 0.1000. The van der Waals surface area contributed by atoms with Crippen molar-refractivity contribution in [3.63, 3.8) is 0 Å². The molecule has 0 unspecified atom stereocenters. The highest BCUT2D eigenvalue weighted by atomic mass is 32.2. The molecule has 1 aromatic heterocycles. The summed E-state index contributed by atoms with van der Waals surface area (Å²) in [6, 6.07) is 11.2. The smallest absolute Gasteiger partial charge is 0.416 e. The minimum absolute atomic E-state index is 0.110. The van der Waals surface area contributed by atoms with Crippen LogP contribution >= 0.6 is 23.1 Å². The predicted molar refractivity (Wildman–Crippen MR) is 123 cm³/mol. The molecule has 0 aliphatic rings. The van der Waals surface area contributed by atoms with Crippen molar-refractivity contribution in [3.8, 4) is 10.6 Å². The molecule has 0 saturated heterocycles. The van der Waals surface area contributed by atoms with Crippen LogP contribution in [0.3, 0.4) is 0 Å². The van der Waals surface area contributed by atoms with Gasteiger partial charge in [0.15, 0.2) is 0 Å². The Kier molecular flexibility index (Phi) is 7.67. The number of carboxylic acids is 1. The Morgan fingerprint density at radius 1 is 1.16 bits per heavy atom. The van der Waals surface area contributed by atoms with Gasteiger partial charge in [-0.05, 0) is 54.7 Å². The molecule has 0 saturated carbocycles. The third-order valence-corrected chi connectivity index (χ3v) is 7.35. The number of benzene rings is 2. The van der Waals surface area contributed by atoms with Crippen LogP contribution in [-0.2, 0) is 23.1 Å². The molecular formula is C24H24F3NO2S2. The Labute approximate surface area is 193 Å². The van der Waals surface area contributed by atoms with E-state index in [2.05, 4.69) is 19.9 Å². The number of hydrogen-bond donors (Lipinski definition) is 1. The third-order valence-electron chi connectivity index (χ3n) is 5.03. The first kappa shape index (κ1) is 24.3. The Balaban J connectivity index is 1.76. The molecule has 8 heteroatoms. The number of thioether (sulfide) groups is 1. The van der Waals surface area contributed by atoms with Gasteiger partial charge in [-0.15, -0.1) is 23.1 Å². The molecule has 32 heavy (non-hydrogen) atoms. The van der Waals surface area contributed by atoms with E-state index in [1.165, 1.54) is 23.5 Å². The van der Waals surface area contributed by atoms with Crippen molar-refractivity contribution in [2.24, 2.45) is 0 Å². The topological polar surface area (TPSA) is 50.2 Å². The molecule has 0 aliphatic carbocycles. The molecule has 0 amide bonds. The lowest BCUT2D eigenvalue weighted by Crippen LogP contribution is -2.03. The molecule has 1 N–H and O–H groups in total. The van der Waals surface area contributed by atoms with E-state index in [0.29, 0.717) is 17.7 Å². The number of halogens is 3. The zero-order valence-corrected chi connectivity index (χ0v) is 19.6. The second-order valence-corrected chi connectivity index (χ2v) is 9.96. The van der Waals surface area contributed by atoms with Gasteiger partial charge in [0.2, 0.25) is 0 Å². The predicted octanol–water partition coefficient (Wildman–Crippen LogP) is 7.57. The van der Waals surface area contributed by atoms with Gasteiger partial charge in [-0.25, -0.2) is 4.98 Å². The standard InChI is InChI=1S/C24H24F3NO2S2/c1-14(2)22-20(13-31-19-10-6-16(15(3)12-19)7-11-21(29)30)32-23(28-22)17-4-8-18(9-5-17)24(25,26)27/h4-6,8-10,12,14H,7,11,13H2,1-3H3,(H,29,30). The summed E-state index contributed by atoms with van der Waals surface area (Å²) >= 11 is 3.19. The van der Waals surface area contributed by atoms with Crippen LogP contribution < -0.4 is 0 Å².